The third kappa shape index (κ3) is 3.21. The largest absolute Gasteiger partial charge is 0.465 e. The Balaban J connectivity index is 1.50. The number of imidazole rings is 1. The molecule has 0 aromatic carbocycles. The van der Waals surface area contributed by atoms with Crippen LogP contribution in [0.2, 0.25) is 0 Å². The van der Waals surface area contributed by atoms with Crippen LogP contribution in [0.5, 0.6) is 5.95 Å². The van der Waals surface area contributed by atoms with Gasteiger partial charge in [-0.05, 0) is 19.1 Å². The lowest BCUT2D eigenvalue weighted by molar-refractivity contribution is 0.0665. The molecule has 0 saturated carbocycles. The van der Waals surface area contributed by atoms with E-state index in [9.17, 15) is 9.90 Å². The number of amides is 1. The Morgan fingerprint density at radius 1 is 1.41 bits per heavy atom. The van der Waals surface area contributed by atoms with Crippen molar-refractivity contribution in [3.8, 4) is 5.95 Å². The summed E-state index contributed by atoms with van der Waals surface area (Å²) in [4.78, 5) is 18.6. The lowest BCUT2D eigenvalue weighted by Crippen LogP contribution is -2.38. The zero-order valence-corrected chi connectivity index (χ0v) is 15.2. The zero-order chi connectivity index (χ0) is 19.0. The average Bonchev–Trinajstić information content (AvgIpc) is 3.39. The quantitative estimate of drug-likeness (QED) is 0.727. The Morgan fingerprint density at radius 3 is 3.00 bits per heavy atom. The summed E-state index contributed by atoms with van der Waals surface area (Å²) in [6.07, 6.45) is 2.50. The van der Waals surface area contributed by atoms with Gasteiger partial charge in [0.2, 0.25) is 0 Å². The van der Waals surface area contributed by atoms with E-state index < -0.39 is 6.10 Å². The predicted octanol–water partition coefficient (Wildman–Crippen LogP) is 1.35. The molecule has 1 amide bonds. The molecule has 0 saturated heterocycles. The number of nitrogens with zero attached hydrogens (tertiary/aromatic N) is 5. The molecule has 0 bridgehead atoms. The van der Waals surface area contributed by atoms with Crippen LogP contribution in [0, 0.1) is 0 Å². The first-order chi connectivity index (χ1) is 13.1. The Kier molecular flexibility index (Phi) is 4.44. The lowest BCUT2D eigenvalue weighted by atomic mass is 10.2. The van der Waals surface area contributed by atoms with E-state index in [0.29, 0.717) is 43.7 Å². The summed E-state index contributed by atoms with van der Waals surface area (Å²) in [5, 5.41) is 15.0. The minimum Gasteiger partial charge on any atom is -0.465 e. The molecule has 4 heterocycles. The SMILES string of the molecule is CCOc1ccc(C(=O)N2CCn3nc([C@H](O)c4nccn4C)cc3C2)o1. The molecule has 0 spiro atoms. The summed E-state index contributed by atoms with van der Waals surface area (Å²) < 4.78 is 14.3. The number of aliphatic hydroxyl groups excluding tert-OH is 1. The number of hydrogen-bond donors (Lipinski definition) is 1. The van der Waals surface area contributed by atoms with E-state index in [1.807, 2.05) is 24.7 Å². The second kappa shape index (κ2) is 6.92. The van der Waals surface area contributed by atoms with Crippen molar-refractivity contribution in [2.24, 2.45) is 7.05 Å². The van der Waals surface area contributed by atoms with Gasteiger partial charge in [0.05, 0.1) is 31.1 Å². The molecule has 9 nitrogen and oxygen atoms in total. The Bertz CT molecular complexity index is 957. The van der Waals surface area contributed by atoms with E-state index in [4.69, 9.17) is 9.15 Å². The molecule has 0 unspecified atom stereocenters. The van der Waals surface area contributed by atoms with Crippen molar-refractivity contribution >= 4 is 5.91 Å². The van der Waals surface area contributed by atoms with E-state index in [-0.39, 0.29) is 11.7 Å². The molecule has 142 valence electrons. The summed E-state index contributed by atoms with van der Waals surface area (Å²) >= 11 is 0. The van der Waals surface area contributed by atoms with Gasteiger partial charge in [0.15, 0.2) is 11.9 Å². The van der Waals surface area contributed by atoms with E-state index in [1.54, 1.807) is 34.0 Å². The molecule has 0 aliphatic carbocycles. The molecular weight excluding hydrogens is 350 g/mol. The van der Waals surface area contributed by atoms with Crippen molar-refractivity contribution in [2.45, 2.75) is 26.1 Å². The normalized spacial score (nSPS) is 14.9. The van der Waals surface area contributed by atoms with E-state index in [1.165, 1.54) is 0 Å². The fourth-order valence-corrected chi connectivity index (χ4v) is 3.18. The second-order valence-electron chi connectivity index (χ2n) is 6.36. The maximum atomic E-state index is 12.7. The van der Waals surface area contributed by atoms with Crippen molar-refractivity contribution in [1.82, 2.24) is 24.2 Å². The van der Waals surface area contributed by atoms with Gasteiger partial charge in [-0.1, -0.05) is 0 Å². The smallest absolute Gasteiger partial charge is 0.290 e. The maximum absolute atomic E-state index is 12.7. The first kappa shape index (κ1) is 17.3. The van der Waals surface area contributed by atoms with Crippen LogP contribution in [0.3, 0.4) is 0 Å². The first-order valence-electron chi connectivity index (χ1n) is 8.80. The Morgan fingerprint density at radius 2 is 2.26 bits per heavy atom. The molecule has 3 aromatic heterocycles. The highest BCUT2D eigenvalue weighted by Crippen LogP contribution is 2.24. The third-order valence-electron chi connectivity index (χ3n) is 4.57. The van der Waals surface area contributed by atoms with Crippen LogP contribution in [0.15, 0.2) is 35.0 Å². The van der Waals surface area contributed by atoms with E-state index in [2.05, 4.69) is 10.1 Å². The number of aromatic nitrogens is 4. The van der Waals surface area contributed by atoms with Gasteiger partial charge in [0.25, 0.3) is 11.9 Å². The molecule has 1 aliphatic rings. The fraction of sp³-hybridized carbons (Fsp3) is 0.389. The van der Waals surface area contributed by atoms with Crippen LogP contribution >= 0.6 is 0 Å². The van der Waals surface area contributed by atoms with Crippen LogP contribution in [-0.4, -0.2) is 48.4 Å². The molecule has 9 heteroatoms. The molecule has 1 N–H and O–H groups in total. The van der Waals surface area contributed by atoms with E-state index >= 15 is 0 Å². The number of ether oxygens (including phenoxy) is 1. The molecule has 3 aromatic rings. The molecule has 1 atom stereocenters. The van der Waals surface area contributed by atoms with Gasteiger partial charge in [0.1, 0.15) is 5.82 Å². The molecule has 27 heavy (non-hydrogen) atoms. The van der Waals surface area contributed by atoms with Gasteiger partial charge < -0.3 is 23.7 Å². The van der Waals surface area contributed by atoms with E-state index in [0.717, 1.165) is 5.69 Å². The minimum atomic E-state index is -0.911. The number of rotatable bonds is 5. The second-order valence-corrected chi connectivity index (χ2v) is 6.36. The fourth-order valence-electron chi connectivity index (χ4n) is 3.18. The van der Waals surface area contributed by atoms with Crippen molar-refractivity contribution in [3.63, 3.8) is 0 Å². The number of fused-ring (bicyclic) bond motifs is 1. The van der Waals surface area contributed by atoms with Crippen LogP contribution in [-0.2, 0) is 20.1 Å². The van der Waals surface area contributed by atoms with Gasteiger partial charge in [-0.2, -0.15) is 5.10 Å². The standard InChI is InChI=1S/C18H21N5O4/c1-3-26-15-5-4-14(27-15)18(25)22-8-9-23-12(11-22)10-13(20-23)16(24)17-19-6-7-21(17)2/h4-7,10,16,24H,3,8-9,11H2,1-2H3/t16-/m0/s1. The number of hydrogen-bond acceptors (Lipinski definition) is 6. The maximum Gasteiger partial charge on any atom is 0.290 e. The van der Waals surface area contributed by atoms with Crippen molar-refractivity contribution in [2.75, 3.05) is 13.2 Å². The summed E-state index contributed by atoms with van der Waals surface area (Å²) in [6, 6.07) is 5.08. The summed E-state index contributed by atoms with van der Waals surface area (Å²) in [5.41, 5.74) is 1.37. The summed E-state index contributed by atoms with van der Waals surface area (Å²) in [6.45, 7) is 3.78. The Labute approximate surface area is 155 Å². The van der Waals surface area contributed by atoms with Crippen LogP contribution in [0.1, 0.15) is 40.8 Å². The van der Waals surface area contributed by atoms with Gasteiger partial charge in [0, 0.05) is 32.1 Å². The molecular formula is C18H21N5O4. The highest BCUT2D eigenvalue weighted by atomic mass is 16.6. The van der Waals surface area contributed by atoms with Gasteiger partial charge in [-0.15, -0.1) is 0 Å². The minimum absolute atomic E-state index is 0.195. The number of aliphatic hydroxyl groups is 1. The molecule has 4 rings (SSSR count). The van der Waals surface area contributed by atoms with Gasteiger partial charge in [-0.3, -0.25) is 9.48 Å². The molecule has 1 aliphatic heterocycles. The van der Waals surface area contributed by atoms with Crippen LogP contribution in [0.4, 0.5) is 0 Å². The van der Waals surface area contributed by atoms with Crippen molar-refractivity contribution in [3.05, 3.63) is 53.6 Å². The number of furan rings is 1. The highest BCUT2D eigenvalue weighted by Gasteiger charge is 2.27. The third-order valence-corrected chi connectivity index (χ3v) is 4.57. The average molecular weight is 371 g/mol. The van der Waals surface area contributed by atoms with Gasteiger partial charge >= 0.3 is 0 Å². The number of carbonyl (C=O) groups is 1. The topological polar surface area (TPSA) is 98.5 Å². The summed E-state index contributed by atoms with van der Waals surface area (Å²) in [5.74, 6) is 0.917. The van der Waals surface area contributed by atoms with Crippen LogP contribution < -0.4 is 4.74 Å². The summed E-state index contributed by atoms with van der Waals surface area (Å²) in [7, 11) is 1.82. The van der Waals surface area contributed by atoms with Crippen molar-refractivity contribution < 1.29 is 19.1 Å². The lowest BCUT2D eigenvalue weighted by Gasteiger charge is -2.26. The number of aryl methyl sites for hydroxylation is 1. The molecule has 0 fully saturated rings. The van der Waals surface area contributed by atoms with Crippen molar-refractivity contribution in [1.29, 1.82) is 0 Å². The monoisotopic (exact) mass is 371 g/mol. The van der Waals surface area contributed by atoms with Gasteiger partial charge in [-0.25, -0.2) is 4.98 Å². The Hall–Kier alpha value is -3.07. The highest BCUT2D eigenvalue weighted by molar-refractivity contribution is 5.91. The molecule has 0 radical (unpaired) electrons. The first-order valence-corrected chi connectivity index (χ1v) is 8.80. The zero-order valence-electron chi connectivity index (χ0n) is 15.2. The van der Waals surface area contributed by atoms with Crippen LogP contribution in [0.25, 0.3) is 0 Å². The number of carbonyl (C=O) groups excluding carboxylic acids is 1. The predicted molar refractivity (Wildman–Crippen MR) is 94.1 cm³/mol.